The second-order valence-electron chi connectivity index (χ2n) is 6.84. The SMILES string of the molecule is CC(OCc1ccccc1)C(=O)Nc1cccc(CS(=O)Cc2ccccc2)c1. The summed E-state index contributed by atoms with van der Waals surface area (Å²) in [4.78, 5) is 12.4. The maximum Gasteiger partial charge on any atom is 0.253 e. The highest BCUT2D eigenvalue weighted by molar-refractivity contribution is 7.83. The molecule has 1 N–H and O–H groups in total. The molecule has 2 atom stereocenters. The van der Waals surface area contributed by atoms with E-state index in [0.717, 1.165) is 16.7 Å². The zero-order chi connectivity index (χ0) is 20.5. The van der Waals surface area contributed by atoms with Crippen molar-refractivity contribution in [3.8, 4) is 0 Å². The van der Waals surface area contributed by atoms with Gasteiger partial charge in [-0.2, -0.15) is 0 Å². The molecule has 0 spiro atoms. The highest BCUT2D eigenvalue weighted by Gasteiger charge is 2.14. The molecule has 3 rings (SSSR count). The van der Waals surface area contributed by atoms with E-state index in [1.54, 1.807) is 6.92 Å². The molecule has 2 unspecified atom stereocenters. The van der Waals surface area contributed by atoms with Gasteiger partial charge in [0.2, 0.25) is 0 Å². The van der Waals surface area contributed by atoms with Gasteiger partial charge in [-0.3, -0.25) is 9.00 Å². The lowest BCUT2D eigenvalue weighted by Crippen LogP contribution is -2.27. The van der Waals surface area contributed by atoms with Crippen LogP contribution in [0.4, 0.5) is 5.69 Å². The summed E-state index contributed by atoms with van der Waals surface area (Å²) in [5.74, 6) is 0.754. The number of anilines is 1. The Hall–Kier alpha value is -2.76. The van der Waals surface area contributed by atoms with Gasteiger partial charge < -0.3 is 10.1 Å². The third kappa shape index (κ3) is 6.97. The maximum atomic E-state index is 12.4. The normalized spacial score (nSPS) is 12.9. The lowest BCUT2D eigenvalue weighted by molar-refractivity contribution is -0.127. The van der Waals surface area contributed by atoms with E-state index in [0.29, 0.717) is 23.8 Å². The Balaban J connectivity index is 1.52. The summed E-state index contributed by atoms with van der Waals surface area (Å²) in [6, 6.07) is 27.0. The number of carbonyl (C=O) groups is 1. The first-order valence-corrected chi connectivity index (χ1v) is 11.0. The summed E-state index contributed by atoms with van der Waals surface area (Å²) in [5.41, 5.74) is 3.68. The summed E-state index contributed by atoms with van der Waals surface area (Å²) in [5, 5.41) is 2.88. The molecule has 1 amide bonds. The highest BCUT2D eigenvalue weighted by Crippen LogP contribution is 2.15. The molecular weight excluding hydrogens is 382 g/mol. The molecule has 3 aromatic rings. The van der Waals surface area contributed by atoms with Crippen LogP contribution in [0.25, 0.3) is 0 Å². The molecule has 29 heavy (non-hydrogen) atoms. The Labute approximate surface area is 174 Å². The molecule has 0 saturated heterocycles. The van der Waals surface area contributed by atoms with Gasteiger partial charge in [0.15, 0.2) is 0 Å². The largest absolute Gasteiger partial charge is 0.364 e. The number of amides is 1. The van der Waals surface area contributed by atoms with Crippen molar-refractivity contribution < 1.29 is 13.7 Å². The van der Waals surface area contributed by atoms with Crippen molar-refractivity contribution in [2.75, 3.05) is 5.32 Å². The number of nitrogens with one attached hydrogen (secondary N) is 1. The van der Waals surface area contributed by atoms with Crippen molar-refractivity contribution in [3.63, 3.8) is 0 Å². The first-order chi connectivity index (χ1) is 14.1. The van der Waals surface area contributed by atoms with Gasteiger partial charge in [-0.25, -0.2) is 0 Å². The quantitative estimate of drug-likeness (QED) is 0.560. The van der Waals surface area contributed by atoms with Gasteiger partial charge >= 0.3 is 0 Å². The topological polar surface area (TPSA) is 55.4 Å². The number of hydrogen-bond donors (Lipinski definition) is 1. The van der Waals surface area contributed by atoms with E-state index in [2.05, 4.69) is 5.32 Å². The Bertz CT molecular complexity index is 945. The summed E-state index contributed by atoms with van der Waals surface area (Å²) < 4.78 is 18.1. The van der Waals surface area contributed by atoms with Crippen LogP contribution in [0.2, 0.25) is 0 Å². The van der Waals surface area contributed by atoms with E-state index >= 15 is 0 Å². The van der Waals surface area contributed by atoms with Crippen LogP contribution in [0, 0.1) is 0 Å². The molecule has 0 heterocycles. The van der Waals surface area contributed by atoms with Crippen LogP contribution in [0.3, 0.4) is 0 Å². The van der Waals surface area contributed by atoms with Gasteiger partial charge in [-0.15, -0.1) is 0 Å². The van der Waals surface area contributed by atoms with E-state index in [9.17, 15) is 9.00 Å². The fraction of sp³-hybridized carbons (Fsp3) is 0.208. The van der Waals surface area contributed by atoms with E-state index < -0.39 is 16.9 Å². The summed E-state index contributed by atoms with van der Waals surface area (Å²) >= 11 is 0. The summed E-state index contributed by atoms with van der Waals surface area (Å²) in [7, 11) is -1.01. The summed E-state index contributed by atoms with van der Waals surface area (Å²) in [6.07, 6.45) is -0.578. The van der Waals surface area contributed by atoms with Crippen LogP contribution in [0.5, 0.6) is 0 Å². The molecule has 0 fully saturated rings. The molecule has 0 saturated carbocycles. The molecule has 0 aliphatic heterocycles. The number of carbonyl (C=O) groups excluding carboxylic acids is 1. The third-order valence-electron chi connectivity index (χ3n) is 4.40. The smallest absolute Gasteiger partial charge is 0.253 e. The molecule has 5 heteroatoms. The van der Waals surface area contributed by atoms with Gasteiger partial charge in [0.05, 0.1) is 6.61 Å². The minimum absolute atomic E-state index is 0.205. The van der Waals surface area contributed by atoms with E-state index in [1.165, 1.54) is 0 Å². The average Bonchev–Trinajstić information content (AvgIpc) is 2.73. The van der Waals surface area contributed by atoms with Crippen LogP contribution in [0.1, 0.15) is 23.6 Å². The van der Waals surface area contributed by atoms with Crippen LogP contribution in [0.15, 0.2) is 84.9 Å². The van der Waals surface area contributed by atoms with E-state index in [1.807, 2.05) is 84.9 Å². The molecule has 4 nitrogen and oxygen atoms in total. The second kappa shape index (κ2) is 10.7. The number of benzene rings is 3. The second-order valence-corrected chi connectivity index (χ2v) is 8.30. The zero-order valence-electron chi connectivity index (χ0n) is 16.4. The first-order valence-electron chi connectivity index (χ1n) is 9.54. The van der Waals surface area contributed by atoms with Crippen molar-refractivity contribution in [1.29, 1.82) is 0 Å². The molecular formula is C24H25NO3S. The Morgan fingerprint density at radius 3 is 2.14 bits per heavy atom. The van der Waals surface area contributed by atoms with Crippen LogP contribution in [-0.4, -0.2) is 16.2 Å². The summed E-state index contributed by atoms with van der Waals surface area (Å²) in [6.45, 7) is 2.12. The minimum atomic E-state index is -1.01. The zero-order valence-corrected chi connectivity index (χ0v) is 17.2. The molecule has 3 aromatic carbocycles. The predicted octanol–water partition coefficient (Wildman–Crippen LogP) is 4.68. The van der Waals surface area contributed by atoms with Crippen molar-refractivity contribution in [2.45, 2.75) is 31.1 Å². The third-order valence-corrected chi connectivity index (χ3v) is 5.72. The molecule has 0 radical (unpaired) electrons. The standard InChI is InChI=1S/C24H25NO3S/c1-19(28-16-20-9-4-2-5-10-20)24(26)25-23-14-8-13-22(15-23)18-29(27)17-21-11-6-3-7-12-21/h2-15,19H,16-18H2,1H3,(H,25,26). The average molecular weight is 408 g/mol. The number of hydrogen-bond acceptors (Lipinski definition) is 3. The van der Waals surface area contributed by atoms with Gasteiger partial charge in [0, 0.05) is 28.0 Å². The number of ether oxygens (including phenoxy) is 1. The van der Waals surface area contributed by atoms with Crippen molar-refractivity contribution in [2.24, 2.45) is 0 Å². The van der Waals surface area contributed by atoms with Crippen LogP contribution < -0.4 is 5.32 Å². The van der Waals surface area contributed by atoms with Gasteiger partial charge in [0.25, 0.3) is 5.91 Å². The van der Waals surface area contributed by atoms with Crippen LogP contribution >= 0.6 is 0 Å². The van der Waals surface area contributed by atoms with Crippen molar-refractivity contribution >= 4 is 22.4 Å². The first kappa shape index (κ1) is 21.0. The van der Waals surface area contributed by atoms with Gasteiger partial charge in [-0.05, 0) is 35.7 Å². The van der Waals surface area contributed by atoms with E-state index in [4.69, 9.17) is 4.74 Å². The Morgan fingerprint density at radius 1 is 0.862 bits per heavy atom. The lowest BCUT2D eigenvalue weighted by atomic mass is 10.2. The van der Waals surface area contributed by atoms with Crippen LogP contribution in [-0.2, 0) is 38.4 Å². The fourth-order valence-electron chi connectivity index (χ4n) is 2.85. The fourth-order valence-corrected chi connectivity index (χ4v) is 4.07. The van der Waals surface area contributed by atoms with Gasteiger partial charge in [0.1, 0.15) is 6.10 Å². The monoisotopic (exact) mass is 407 g/mol. The predicted molar refractivity (Wildman–Crippen MR) is 118 cm³/mol. The number of rotatable bonds is 9. The van der Waals surface area contributed by atoms with E-state index in [-0.39, 0.29) is 5.91 Å². The minimum Gasteiger partial charge on any atom is -0.364 e. The lowest BCUT2D eigenvalue weighted by Gasteiger charge is -2.14. The molecule has 0 aliphatic carbocycles. The van der Waals surface area contributed by atoms with Crippen molar-refractivity contribution in [1.82, 2.24) is 0 Å². The Kier molecular flexibility index (Phi) is 7.73. The van der Waals surface area contributed by atoms with Crippen molar-refractivity contribution in [3.05, 3.63) is 102 Å². The molecule has 0 bridgehead atoms. The highest BCUT2D eigenvalue weighted by atomic mass is 32.2. The molecule has 150 valence electrons. The molecule has 0 aromatic heterocycles. The Morgan fingerprint density at radius 2 is 1.45 bits per heavy atom. The molecule has 0 aliphatic rings. The van der Waals surface area contributed by atoms with Gasteiger partial charge in [-0.1, -0.05) is 72.8 Å². The maximum absolute atomic E-state index is 12.4.